The van der Waals surface area contributed by atoms with Gasteiger partial charge < -0.3 is 0 Å². The van der Waals surface area contributed by atoms with Crippen molar-refractivity contribution in [2.24, 2.45) is 5.84 Å². The van der Waals surface area contributed by atoms with Crippen LogP contribution in [-0.2, 0) is 0 Å². The molecule has 4 heteroatoms. The van der Waals surface area contributed by atoms with Crippen molar-refractivity contribution in [2.45, 2.75) is 6.04 Å². The van der Waals surface area contributed by atoms with Crippen molar-refractivity contribution in [1.29, 1.82) is 0 Å². The van der Waals surface area contributed by atoms with Crippen LogP contribution in [0.3, 0.4) is 0 Å². The zero-order valence-corrected chi connectivity index (χ0v) is 7.68. The molecule has 0 heterocycles. The number of hydrazine groups is 1. The molecule has 0 saturated carbocycles. The van der Waals surface area contributed by atoms with Crippen molar-refractivity contribution in [3.05, 3.63) is 47.3 Å². The minimum atomic E-state index is -0.464. The molecule has 0 fully saturated rings. The van der Waals surface area contributed by atoms with Crippen LogP contribution in [0.1, 0.15) is 11.6 Å². The maximum Gasteiger partial charge on any atom is 0.129 e. The summed E-state index contributed by atoms with van der Waals surface area (Å²) >= 11 is 5.80. The standard InChI is InChI=1S/C9H10ClFN2/c1-2-8(13-12)9-6(10)4-3-5-7(9)11/h2-5,8,13H,1,12H2. The molecule has 1 rings (SSSR count). The van der Waals surface area contributed by atoms with E-state index in [2.05, 4.69) is 12.0 Å². The Labute approximate surface area is 81.2 Å². The number of halogens is 2. The van der Waals surface area contributed by atoms with E-state index in [4.69, 9.17) is 17.4 Å². The van der Waals surface area contributed by atoms with E-state index in [0.717, 1.165) is 0 Å². The minimum Gasteiger partial charge on any atom is -0.271 e. The lowest BCUT2D eigenvalue weighted by Crippen LogP contribution is -2.27. The van der Waals surface area contributed by atoms with Gasteiger partial charge in [0.25, 0.3) is 0 Å². The number of benzene rings is 1. The van der Waals surface area contributed by atoms with Gasteiger partial charge in [0.05, 0.1) is 6.04 Å². The molecule has 1 unspecified atom stereocenters. The Hall–Kier alpha value is -0.900. The lowest BCUT2D eigenvalue weighted by atomic mass is 10.1. The molecule has 0 aromatic heterocycles. The van der Waals surface area contributed by atoms with E-state index in [9.17, 15) is 4.39 Å². The third kappa shape index (κ3) is 2.06. The maximum absolute atomic E-state index is 13.2. The largest absolute Gasteiger partial charge is 0.271 e. The van der Waals surface area contributed by atoms with Crippen LogP contribution in [0, 0.1) is 5.82 Å². The van der Waals surface area contributed by atoms with Crippen molar-refractivity contribution in [3.8, 4) is 0 Å². The van der Waals surface area contributed by atoms with Crippen molar-refractivity contribution >= 4 is 11.6 Å². The normalized spacial score (nSPS) is 12.5. The molecule has 1 aromatic rings. The summed E-state index contributed by atoms with van der Waals surface area (Å²) in [7, 11) is 0. The summed E-state index contributed by atoms with van der Waals surface area (Å²) in [5, 5.41) is 0.336. The Morgan fingerprint density at radius 1 is 1.62 bits per heavy atom. The second kappa shape index (κ2) is 4.37. The minimum absolute atomic E-state index is 0.321. The van der Waals surface area contributed by atoms with E-state index in [1.165, 1.54) is 18.2 Å². The molecule has 70 valence electrons. The van der Waals surface area contributed by atoms with Gasteiger partial charge in [-0.05, 0) is 12.1 Å². The van der Waals surface area contributed by atoms with Gasteiger partial charge in [-0.3, -0.25) is 5.84 Å². The second-order valence-electron chi connectivity index (χ2n) is 2.52. The lowest BCUT2D eigenvalue weighted by molar-refractivity contribution is 0.568. The summed E-state index contributed by atoms with van der Waals surface area (Å²) in [6.07, 6.45) is 1.49. The molecule has 0 aliphatic carbocycles. The zero-order valence-electron chi connectivity index (χ0n) is 6.93. The van der Waals surface area contributed by atoms with Crippen molar-refractivity contribution in [2.75, 3.05) is 0 Å². The Bertz CT molecular complexity index is 294. The molecular formula is C9H10ClFN2. The molecule has 0 saturated heterocycles. The maximum atomic E-state index is 13.2. The van der Waals surface area contributed by atoms with Gasteiger partial charge in [0, 0.05) is 10.6 Å². The molecule has 1 atom stereocenters. The topological polar surface area (TPSA) is 38.0 Å². The van der Waals surface area contributed by atoms with Gasteiger partial charge >= 0.3 is 0 Å². The average Bonchev–Trinajstić information content (AvgIpc) is 2.11. The highest BCUT2D eigenvalue weighted by Crippen LogP contribution is 2.25. The molecule has 0 amide bonds. The van der Waals surface area contributed by atoms with Crippen LogP contribution < -0.4 is 11.3 Å². The van der Waals surface area contributed by atoms with Crippen LogP contribution >= 0.6 is 11.6 Å². The van der Waals surface area contributed by atoms with E-state index < -0.39 is 11.9 Å². The predicted molar refractivity (Wildman–Crippen MR) is 51.7 cm³/mol. The van der Waals surface area contributed by atoms with Crippen LogP contribution in [0.4, 0.5) is 4.39 Å². The van der Waals surface area contributed by atoms with Crippen LogP contribution in [0.15, 0.2) is 30.9 Å². The first-order valence-corrected chi connectivity index (χ1v) is 4.11. The van der Waals surface area contributed by atoms with Gasteiger partial charge in [-0.15, -0.1) is 6.58 Å². The highest BCUT2D eigenvalue weighted by Gasteiger charge is 2.13. The smallest absolute Gasteiger partial charge is 0.129 e. The third-order valence-corrected chi connectivity index (χ3v) is 2.06. The van der Waals surface area contributed by atoms with Gasteiger partial charge in [0.2, 0.25) is 0 Å². The molecule has 0 aliphatic heterocycles. The first kappa shape index (κ1) is 10.2. The van der Waals surface area contributed by atoms with Crippen LogP contribution in [0.25, 0.3) is 0 Å². The SMILES string of the molecule is C=CC(NN)c1c(F)cccc1Cl. The van der Waals surface area contributed by atoms with Gasteiger partial charge in [-0.25, -0.2) is 9.82 Å². The van der Waals surface area contributed by atoms with E-state index in [1.807, 2.05) is 0 Å². The quantitative estimate of drug-likeness (QED) is 0.446. The molecule has 3 N–H and O–H groups in total. The van der Waals surface area contributed by atoms with E-state index >= 15 is 0 Å². The number of hydrogen-bond acceptors (Lipinski definition) is 2. The Morgan fingerprint density at radius 3 is 2.77 bits per heavy atom. The van der Waals surface area contributed by atoms with Crippen LogP contribution in [0.2, 0.25) is 5.02 Å². The molecular weight excluding hydrogens is 191 g/mol. The summed E-state index contributed by atoms with van der Waals surface area (Å²) < 4.78 is 13.2. The highest BCUT2D eigenvalue weighted by atomic mass is 35.5. The fraction of sp³-hybridized carbons (Fsp3) is 0.111. The number of hydrogen-bond donors (Lipinski definition) is 2. The van der Waals surface area contributed by atoms with Crippen molar-refractivity contribution in [1.82, 2.24) is 5.43 Å². The van der Waals surface area contributed by atoms with Gasteiger partial charge in [-0.1, -0.05) is 23.7 Å². The number of nitrogens with one attached hydrogen (secondary N) is 1. The van der Waals surface area contributed by atoms with E-state index in [-0.39, 0.29) is 0 Å². The first-order chi connectivity index (χ1) is 6.20. The molecule has 0 bridgehead atoms. The number of nitrogens with two attached hydrogens (primary N) is 1. The van der Waals surface area contributed by atoms with Crippen LogP contribution in [0.5, 0.6) is 0 Å². The van der Waals surface area contributed by atoms with Crippen molar-refractivity contribution < 1.29 is 4.39 Å². The fourth-order valence-electron chi connectivity index (χ4n) is 1.08. The molecule has 0 radical (unpaired) electrons. The van der Waals surface area contributed by atoms with E-state index in [0.29, 0.717) is 10.6 Å². The van der Waals surface area contributed by atoms with E-state index in [1.54, 1.807) is 6.07 Å². The number of rotatable bonds is 3. The predicted octanol–water partition coefficient (Wildman–Crippen LogP) is 2.17. The molecule has 0 spiro atoms. The van der Waals surface area contributed by atoms with Gasteiger partial charge in [0.1, 0.15) is 5.82 Å². The summed E-state index contributed by atoms with van der Waals surface area (Å²) in [5.41, 5.74) is 2.73. The Balaban J connectivity index is 3.17. The van der Waals surface area contributed by atoms with Gasteiger partial charge in [0.15, 0.2) is 0 Å². The lowest BCUT2D eigenvalue weighted by Gasteiger charge is -2.13. The Morgan fingerprint density at radius 2 is 2.31 bits per heavy atom. The summed E-state index contributed by atoms with van der Waals surface area (Å²) in [4.78, 5) is 0. The summed E-state index contributed by atoms with van der Waals surface area (Å²) in [6, 6.07) is 4.01. The zero-order chi connectivity index (χ0) is 9.84. The summed E-state index contributed by atoms with van der Waals surface area (Å²) in [6.45, 7) is 3.52. The Kier molecular flexibility index (Phi) is 3.42. The fourth-order valence-corrected chi connectivity index (χ4v) is 1.36. The highest BCUT2D eigenvalue weighted by molar-refractivity contribution is 6.31. The van der Waals surface area contributed by atoms with Gasteiger partial charge in [-0.2, -0.15) is 0 Å². The van der Waals surface area contributed by atoms with Crippen LogP contribution in [-0.4, -0.2) is 0 Å². The average molecular weight is 201 g/mol. The molecule has 0 aliphatic rings. The monoisotopic (exact) mass is 200 g/mol. The van der Waals surface area contributed by atoms with Crippen molar-refractivity contribution in [3.63, 3.8) is 0 Å². The third-order valence-electron chi connectivity index (χ3n) is 1.73. The second-order valence-corrected chi connectivity index (χ2v) is 2.92. The molecule has 13 heavy (non-hydrogen) atoms. The molecule has 2 nitrogen and oxygen atoms in total. The molecule has 1 aromatic carbocycles. The first-order valence-electron chi connectivity index (χ1n) is 3.73. The summed E-state index contributed by atoms with van der Waals surface area (Å²) in [5.74, 6) is 4.81.